The first-order valence-electron chi connectivity index (χ1n) is 5.37. The van der Waals surface area contributed by atoms with E-state index in [2.05, 4.69) is 4.98 Å². The number of methoxy groups -OCH3 is 1. The van der Waals surface area contributed by atoms with Gasteiger partial charge in [0.1, 0.15) is 5.75 Å². The number of aliphatic carboxylic acids is 1. The molecule has 1 aromatic carbocycles. The smallest absolute Gasteiger partial charge is 0.305 e. The van der Waals surface area contributed by atoms with Crippen LogP contribution < -0.4 is 10.3 Å². The summed E-state index contributed by atoms with van der Waals surface area (Å²) >= 11 is 0. The van der Waals surface area contributed by atoms with Gasteiger partial charge in [-0.25, -0.2) is 4.98 Å². The van der Waals surface area contributed by atoms with Crippen molar-refractivity contribution in [3.63, 3.8) is 0 Å². The fraction of sp³-hybridized carbons (Fsp3) is 0.250. The van der Waals surface area contributed by atoms with Gasteiger partial charge in [0.25, 0.3) is 5.56 Å². The number of rotatable bonds is 4. The van der Waals surface area contributed by atoms with Crippen LogP contribution in [0.25, 0.3) is 10.9 Å². The van der Waals surface area contributed by atoms with Gasteiger partial charge in [0.05, 0.1) is 30.8 Å². The van der Waals surface area contributed by atoms with Crippen molar-refractivity contribution in [2.75, 3.05) is 7.11 Å². The maximum Gasteiger partial charge on any atom is 0.305 e. The number of carboxylic acid groups (broad SMARTS) is 1. The highest BCUT2D eigenvalue weighted by molar-refractivity contribution is 5.78. The van der Waals surface area contributed by atoms with Crippen molar-refractivity contribution in [3.8, 4) is 5.75 Å². The maximum atomic E-state index is 12.0. The molecule has 0 saturated heterocycles. The zero-order valence-corrected chi connectivity index (χ0v) is 9.79. The number of carboxylic acids is 1. The molecule has 2 rings (SSSR count). The van der Waals surface area contributed by atoms with Gasteiger partial charge >= 0.3 is 5.97 Å². The molecule has 0 bridgehead atoms. The molecule has 1 aromatic heterocycles. The van der Waals surface area contributed by atoms with Crippen molar-refractivity contribution < 1.29 is 14.6 Å². The molecule has 18 heavy (non-hydrogen) atoms. The number of hydrogen-bond donors (Lipinski definition) is 1. The lowest BCUT2D eigenvalue weighted by Gasteiger charge is -2.06. The van der Waals surface area contributed by atoms with Crippen LogP contribution in [-0.2, 0) is 11.3 Å². The maximum absolute atomic E-state index is 12.0. The van der Waals surface area contributed by atoms with Gasteiger partial charge in [0, 0.05) is 12.6 Å². The molecule has 1 heterocycles. The normalized spacial score (nSPS) is 10.5. The van der Waals surface area contributed by atoms with E-state index in [9.17, 15) is 9.59 Å². The van der Waals surface area contributed by atoms with Crippen LogP contribution in [0.3, 0.4) is 0 Å². The number of carbonyl (C=O) groups is 1. The van der Waals surface area contributed by atoms with E-state index in [1.165, 1.54) is 18.0 Å². The molecule has 0 aliphatic heterocycles. The zero-order valence-electron chi connectivity index (χ0n) is 9.79. The number of aryl methyl sites for hydroxylation is 1. The summed E-state index contributed by atoms with van der Waals surface area (Å²) in [6.45, 7) is 0.114. The molecule has 1 N–H and O–H groups in total. The quantitative estimate of drug-likeness (QED) is 0.868. The summed E-state index contributed by atoms with van der Waals surface area (Å²) in [5, 5.41) is 9.04. The first kappa shape index (κ1) is 12.1. The topological polar surface area (TPSA) is 81.4 Å². The van der Waals surface area contributed by atoms with Crippen LogP contribution in [-0.4, -0.2) is 27.7 Å². The van der Waals surface area contributed by atoms with Gasteiger partial charge in [-0.2, -0.15) is 0 Å². The standard InChI is InChI=1S/C12H12N2O4/c1-18-8-2-3-9-10(6-8)13-7-14(12(9)17)5-4-11(15)16/h2-3,6-7H,4-5H2,1H3,(H,15,16). The number of fused-ring (bicyclic) bond motifs is 1. The fourth-order valence-corrected chi connectivity index (χ4v) is 1.64. The molecule has 6 heteroatoms. The van der Waals surface area contributed by atoms with E-state index in [1.54, 1.807) is 18.2 Å². The van der Waals surface area contributed by atoms with Crippen LogP contribution in [0.5, 0.6) is 5.75 Å². The minimum atomic E-state index is -0.947. The third kappa shape index (κ3) is 2.32. The van der Waals surface area contributed by atoms with Crippen molar-refractivity contribution in [2.24, 2.45) is 0 Å². The summed E-state index contributed by atoms with van der Waals surface area (Å²) < 4.78 is 6.34. The van der Waals surface area contributed by atoms with Crippen LogP contribution in [0, 0.1) is 0 Å². The molecule has 0 spiro atoms. The minimum Gasteiger partial charge on any atom is -0.497 e. The van der Waals surface area contributed by atoms with Crippen LogP contribution >= 0.6 is 0 Å². The van der Waals surface area contributed by atoms with Gasteiger partial charge in [-0.3, -0.25) is 14.2 Å². The third-order valence-corrected chi connectivity index (χ3v) is 2.60. The van der Waals surface area contributed by atoms with Crippen molar-refractivity contribution in [3.05, 3.63) is 34.9 Å². The molecule has 2 aromatic rings. The van der Waals surface area contributed by atoms with Crippen molar-refractivity contribution in [1.29, 1.82) is 0 Å². The lowest BCUT2D eigenvalue weighted by atomic mass is 10.2. The molecule has 0 atom stereocenters. The molecule has 0 aliphatic rings. The lowest BCUT2D eigenvalue weighted by molar-refractivity contribution is -0.137. The van der Waals surface area contributed by atoms with Gasteiger partial charge < -0.3 is 9.84 Å². The van der Waals surface area contributed by atoms with Gasteiger partial charge in [-0.15, -0.1) is 0 Å². The second kappa shape index (κ2) is 4.87. The molecule has 6 nitrogen and oxygen atoms in total. The highest BCUT2D eigenvalue weighted by Gasteiger charge is 2.06. The molecule has 0 saturated carbocycles. The molecular formula is C12H12N2O4. The summed E-state index contributed by atoms with van der Waals surface area (Å²) in [7, 11) is 1.54. The lowest BCUT2D eigenvalue weighted by Crippen LogP contribution is -2.21. The third-order valence-electron chi connectivity index (χ3n) is 2.60. The molecule has 0 fully saturated rings. The van der Waals surface area contributed by atoms with E-state index in [1.807, 2.05) is 0 Å². The number of nitrogens with zero attached hydrogens (tertiary/aromatic N) is 2. The van der Waals surface area contributed by atoms with Gasteiger partial charge in [-0.1, -0.05) is 0 Å². The zero-order chi connectivity index (χ0) is 13.1. The predicted octanol–water partition coefficient (Wildman–Crippen LogP) is 0.880. The van der Waals surface area contributed by atoms with E-state index in [0.717, 1.165) is 0 Å². The number of benzene rings is 1. The van der Waals surface area contributed by atoms with Crippen molar-refractivity contribution in [2.45, 2.75) is 13.0 Å². The van der Waals surface area contributed by atoms with Gasteiger partial charge in [0.2, 0.25) is 0 Å². The Morgan fingerprint density at radius 2 is 2.28 bits per heavy atom. The van der Waals surface area contributed by atoms with E-state index < -0.39 is 5.97 Å². The monoisotopic (exact) mass is 248 g/mol. The second-order valence-electron chi connectivity index (χ2n) is 3.77. The Morgan fingerprint density at radius 1 is 1.50 bits per heavy atom. The Balaban J connectivity index is 2.44. The SMILES string of the molecule is COc1ccc2c(=O)n(CCC(=O)O)cnc2c1. The van der Waals surface area contributed by atoms with Crippen LogP contribution in [0.2, 0.25) is 0 Å². The first-order valence-corrected chi connectivity index (χ1v) is 5.37. The summed E-state index contributed by atoms with van der Waals surface area (Å²) in [5.74, 6) is -0.325. The Hall–Kier alpha value is -2.37. The van der Waals surface area contributed by atoms with Gasteiger partial charge in [0.15, 0.2) is 0 Å². The van der Waals surface area contributed by atoms with Crippen LogP contribution in [0.4, 0.5) is 0 Å². The number of ether oxygens (including phenoxy) is 1. The molecule has 0 unspecified atom stereocenters. The van der Waals surface area contributed by atoms with Gasteiger partial charge in [-0.05, 0) is 12.1 Å². The van der Waals surface area contributed by atoms with E-state index in [0.29, 0.717) is 16.7 Å². The highest BCUT2D eigenvalue weighted by atomic mass is 16.5. The van der Waals surface area contributed by atoms with E-state index >= 15 is 0 Å². The first-order chi connectivity index (χ1) is 8.61. The minimum absolute atomic E-state index is 0.108. The number of aromatic nitrogens is 2. The fourth-order valence-electron chi connectivity index (χ4n) is 1.64. The molecule has 94 valence electrons. The Morgan fingerprint density at radius 3 is 2.94 bits per heavy atom. The largest absolute Gasteiger partial charge is 0.497 e. The molecule has 0 aliphatic carbocycles. The average molecular weight is 248 g/mol. The van der Waals surface area contributed by atoms with Crippen molar-refractivity contribution >= 4 is 16.9 Å². The van der Waals surface area contributed by atoms with E-state index in [4.69, 9.17) is 9.84 Å². The summed E-state index contributed by atoms with van der Waals surface area (Å²) in [6, 6.07) is 4.96. The van der Waals surface area contributed by atoms with Crippen molar-refractivity contribution in [1.82, 2.24) is 9.55 Å². The summed E-state index contributed by atoms with van der Waals surface area (Å²) in [5.41, 5.74) is 0.287. The Bertz CT molecular complexity index is 648. The summed E-state index contributed by atoms with van der Waals surface area (Å²) in [4.78, 5) is 26.6. The summed E-state index contributed by atoms with van der Waals surface area (Å²) in [6.07, 6.45) is 1.25. The molecular weight excluding hydrogens is 236 g/mol. The Kier molecular flexibility index (Phi) is 3.27. The average Bonchev–Trinajstić information content (AvgIpc) is 2.37. The highest BCUT2D eigenvalue weighted by Crippen LogP contribution is 2.15. The molecule has 0 radical (unpaired) electrons. The number of hydrogen-bond acceptors (Lipinski definition) is 4. The van der Waals surface area contributed by atoms with E-state index in [-0.39, 0.29) is 18.5 Å². The molecule has 0 amide bonds. The van der Waals surface area contributed by atoms with Crippen LogP contribution in [0.1, 0.15) is 6.42 Å². The Labute approximate surface area is 102 Å². The second-order valence-corrected chi connectivity index (χ2v) is 3.77. The predicted molar refractivity (Wildman–Crippen MR) is 64.8 cm³/mol. The van der Waals surface area contributed by atoms with Crippen LogP contribution in [0.15, 0.2) is 29.3 Å².